The van der Waals surface area contributed by atoms with E-state index >= 15 is 0 Å². The number of fused-ring (bicyclic) bond motifs is 1. The summed E-state index contributed by atoms with van der Waals surface area (Å²) in [7, 11) is 0. The first-order valence-electron chi connectivity index (χ1n) is 7.97. The van der Waals surface area contributed by atoms with Gasteiger partial charge in [-0.25, -0.2) is 4.98 Å². The predicted molar refractivity (Wildman–Crippen MR) is 94.7 cm³/mol. The molecule has 3 rings (SSSR count). The number of ether oxygens (including phenoxy) is 1. The summed E-state index contributed by atoms with van der Waals surface area (Å²) in [6.07, 6.45) is 1.04. The SMILES string of the molecule is C=C(C)Cn1c(COc2ccc(CC)cc2)nc2ccccc21. The number of nitrogens with zero attached hydrogens (tertiary/aromatic N) is 2. The van der Waals surface area contributed by atoms with Crippen LogP contribution in [0.25, 0.3) is 11.0 Å². The van der Waals surface area contributed by atoms with E-state index in [1.807, 2.05) is 37.3 Å². The van der Waals surface area contributed by atoms with Gasteiger partial charge in [0.15, 0.2) is 0 Å². The van der Waals surface area contributed by atoms with Gasteiger partial charge in [-0.3, -0.25) is 0 Å². The molecule has 3 nitrogen and oxygen atoms in total. The second-order valence-corrected chi connectivity index (χ2v) is 5.85. The van der Waals surface area contributed by atoms with Gasteiger partial charge in [-0.15, -0.1) is 0 Å². The van der Waals surface area contributed by atoms with Crippen LogP contribution in [0.1, 0.15) is 25.2 Å². The lowest BCUT2D eigenvalue weighted by Gasteiger charge is -2.10. The van der Waals surface area contributed by atoms with Gasteiger partial charge in [0.05, 0.1) is 11.0 Å². The molecule has 0 radical (unpaired) electrons. The van der Waals surface area contributed by atoms with Gasteiger partial charge in [-0.05, 0) is 43.2 Å². The fourth-order valence-electron chi connectivity index (χ4n) is 2.65. The molecule has 0 unspecified atom stereocenters. The molecule has 3 aromatic rings. The maximum absolute atomic E-state index is 5.93. The Morgan fingerprint density at radius 3 is 2.57 bits per heavy atom. The maximum atomic E-state index is 5.93. The highest BCUT2D eigenvalue weighted by molar-refractivity contribution is 5.76. The third-order valence-corrected chi connectivity index (χ3v) is 3.86. The number of aromatic nitrogens is 2. The topological polar surface area (TPSA) is 27.1 Å². The highest BCUT2D eigenvalue weighted by atomic mass is 16.5. The highest BCUT2D eigenvalue weighted by Gasteiger charge is 2.11. The van der Waals surface area contributed by atoms with Crippen molar-refractivity contribution in [2.24, 2.45) is 0 Å². The molecule has 0 spiro atoms. The summed E-state index contributed by atoms with van der Waals surface area (Å²) in [6.45, 7) is 9.41. The van der Waals surface area contributed by atoms with Crippen molar-refractivity contribution in [3.05, 3.63) is 72.1 Å². The van der Waals surface area contributed by atoms with Crippen molar-refractivity contribution in [2.45, 2.75) is 33.4 Å². The van der Waals surface area contributed by atoms with E-state index in [4.69, 9.17) is 9.72 Å². The molecule has 1 aromatic heterocycles. The third kappa shape index (κ3) is 3.45. The van der Waals surface area contributed by atoms with Crippen LogP contribution in [0.2, 0.25) is 0 Å². The van der Waals surface area contributed by atoms with Gasteiger partial charge < -0.3 is 9.30 Å². The van der Waals surface area contributed by atoms with Crippen LogP contribution in [-0.2, 0) is 19.6 Å². The molecular formula is C20H22N2O. The summed E-state index contributed by atoms with van der Waals surface area (Å²) in [5.74, 6) is 1.80. The summed E-state index contributed by atoms with van der Waals surface area (Å²) in [5.41, 5.74) is 4.53. The van der Waals surface area contributed by atoms with E-state index in [-0.39, 0.29) is 0 Å². The van der Waals surface area contributed by atoms with Crippen molar-refractivity contribution >= 4 is 11.0 Å². The van der Waals surface area contributed by atoms with Crippen molar-refractivity contribution in [1.29, 1.82) is 0 Å². The second-order valence-electron chi connectivity index (χ2n) is 5.85. The minimum Gasteiger partial charge on any atom is -0.486 e. The van der Waals surface area contributed by atoms with Crippen LogP contribution in [-0.4, -0.2) is 9.55 Å². The van der Waals surface area contributed by atoms with Crippen LogP contribution in [0.4, 0.5) is 0 Å². The second kappa shape index (κ2) is 6.69. The molecule has 0 amide bonds. The molecule has 0 aliphatic carbocycles. The zero-order valence-electron chi connectivity index (χ0n) is 13.7. The lowest BCUT2D eigenvalue weighted by molar-refractivity contribution is 0.291. The zero-order chi connectivity index (χ0) is 16.2. The summed E-state index contributed by atoms with van der Waals surface area (Å²) in [6, 6.07) is 16.4. The van der Waals surface area contributed by atoms with Crippen LogP contribution >= 0.6 is 0 Å². The molecule has 0 fully saturated rings. The molecule has 3 heteroatoms. The molecule has 0 aliphatic heterocycles. The Hall–Kier alpha value is -2.55. The minimum atomic E-state index is 0.452. The number of allylic oxidation sites excluding steroid dienone is 1. The van der Waals surface area contributed by atoms with Crippen molar-refractivity contribution in [1.82, 2.24) is 9.55 Å². The lowest BCUT2D eigenvalue weighted by atomic mass is 10.2. The normalized spacial score (nSPS) is 10.9. The Bertz CT molecular complexity index is 815. The summed E-state index contributed by atoms with van der Waals surface area (Å²) < 4.78 is 8.11. The van der Waals surface area contributed by atoms with Crippen LogP contribution in [0, 0.1) is 0 Å². The van der Waals surface area contributed by atoms with E-state index in [0.717, 1.165) is 41.1 Å². The number of benzene rings is 2. The van der Waals surface area contributed by atoms with Gasteiger partial charge in [0, 0.05) is 6.54 Å². The number of rotatable bonds is 6. The first-order chi connectivity index (χ1) is 11.2. The molecule has 0 aliphatic rings. The third-order valence-electron chi connectivity index (χ3n) is 3.86. The van der Waals surface area contributed by atoms with Gasteiger partial charge in [0.1, 0.15) is 18.2 Å². The van der Waals surface area contributed by atoms with Crippen LogP contribution in [0.15, 0.2) is 60.7 Å². The van der Waals surface area contributed by atoms with Crippen molar-refractivity contribution in [3.63, 3.8) is 0 Å². The van der Waals surface area contributed by atoms with E-state index in [2.05, 4.69) is 36.3 Å². The van der Waals surface area contributed by atoms with E-state index in [0.29, 0.717) is 6.61 Å². The summed E-state index contributed by atoms with van der Waals surface area (Å²) >= 11 is 0. The van der Waals surface area contributed by atoms with Gasteiger partial charge in [0.2, 0.25) is 0 Å². The maximum Gasteiger partial charge on any atom is 0.148 e. The number of hydrogen-bond donors (Lipinski definition) is 0. The molecule has 1 heterocycles. The van der Waals surface area contributed by atoms with Crippen LogP contribution < -0.4 is 4.74 Å². The Labute approximate surface area is 137 Å². The largest absolute Gasteiger partial charge is 0.486 e. The molecule has 0 atom stereocenters. The average Bonchev–Trinajstić information content (AvgIpc) is 2.91. The van der Waals surface area contributed by atoms with Crippen molar-refractivity contribution < 1.29 is 4.74 Å². The van der Waals surface area contributed by atoms with Gasteiger partial charge in [0.25, 0.3) is 0 Å². The van der Waals surface area contributed by atoms with Crippen molar-refractivity contribution in [3.8, 4) is 5.75 Å². The van der Waals surface area contributed by atoms with Crippen molar-refractivity contribution in [2.75, 3.05) is 0 Å². The molecular weight excluding hydrogens is 284 g/mol. The number of hydrogen-bond acceptors (Lipinski definition) is 2. The van der Waals surface area contributed by atoms with Gasteiger partial charge >= 0.3 is 0 Å². The molecule has 23 heavy (non-hydrogen) atoms. The molecule has 0 saturated heterocycles. The minimum absolute atomic E-state index is 0.452. The van der Waals surface area contributed by atoms with Crippen LogP contribution in [0.3, 0.4) is 0 Å². The van der Waals surface area contributed by atoms with E-state index in [9.17, 15) is 0 Å². The molecule has 118 valence electrons. The van der Waals surface area contributed by atoms with E-state index in [1.165, 1.54) is 5.56 Å². The Kier molecular flexibility index (Phi) is 4.47. The molecule has 0 saturated carbocycles. The standard InChI is InChI=1S/C20H22N2O/c1-4-16-9-11-17(12-10-16)23-14-20-21-18-7-5-6-8-19(18)22(20)13-15(2)3/h5-12H,2,4,13-14H2,1,3H3. The van der Waals surface area contributed by atoms with E-state index in [1.54, 1.807) is 0 Å². The fourth-order valence-corrected chi connectivity index (χ4v) is 2.65. The molecule has 0 bridgehead atoms. The fraction of sp³-hybridized carbons (Fsp3) is 0.250. The first kappa shape index (κ1) is 15.3. The van der Waals surface area contributed by atoms with Crippen LogP contribution in [0.5, 0.6) is 5.75 Å². The lowest BCUT2D eigenvalue weighted by Crippen LogP contribution is -2.08. The van der Waals surface area contributed by atoms with Gasteiger partial charge in [-0.2, -0.15) is 0 Å². The number of aryl methyl sites for hydroxylation is 1. The Morgan fingerprint density at radius 2 is 1.87 bits per heavy atom. The first-order valence-corrected chi connectivity index (χ1v) is 7.97. The summed E-state index contributed by atoms with van der Waals surface area (Å²) in [5, 5.41) is 0. The Morgan fingerprint density at radius 1 is 1.13 bits per heavy atom. The average molecular weight is 306 g/mol. The van der Waals surface area contributed by atoms with Gasteiger partial charge in [-0.1, -0.05) is 43.3 Å². The quantitative estimate of drug-likeness (QED) is 0.614. The zero-order valence-corrected chi connectivity index (χ0v) is 13.7. The molecule has 2 aromatic carbocycles. The van der Waals surface area contributed by atoms with E-state index < -0.39 is 0 Å². The monoisotopic (exact) mass is 306 g/mol. The number of para-hydroxylation sites is 2. The predicted octanol–water partition coefficient (Wildman–Crippen LogP) is 4.75. The molecule has 0 N–H and O–H groups in total. The summed E-state index contributed by atoms with van der Waals surface area (Å²) in [4.78, 5) is 4.71. The highest BCUT2D eigenvalue weighted by Crippen LogP contribution is 2.20. The number of imidazole rings is 1. The smallest absolute Gasteiger partial charge is 0.148 e. The Balaban J connectivity index is 1.84.